The Morgan fingerprint density at radius 3 is 2.14 bits per heavy atom. The summed E-state index contributed by atoms with van der Waals surface area (Å²) in [6, 6.07) is 16.1. The molecule has 0 radical (unpaired) electrons. The van der Waals surface area contributed by atoms with E-state index in [1.807, 2.05) is 42.5 Å². The van der Waals surface area contributed by atoms with E-state index in [9.17, 15) is 14.4 Å². The fourth-order valence-electron chi connectivity index (χ4n) is 5.97. The van der Waals surface area contributed by atoms with Crippen LogP contribution in [0.5, 0.6) is 0 Å². The molecule has 1 aliphatic heterocycles. The maximum atomic E-state index is 13.2. The molecule has 2 aromatic carbocycles. The number of aromatic nitrogens is 4. The summed E-state index contributed by atoms with van der Waals surface area (Å²) in [7, 11) is 5.15. The second kappa shape index (κ2) is 16.4. The lowest BCUT2D eigenvalue weighted by atomic mass is 10.1. The van der Waals surface area contributed by atoms with Gasteiger partial charge < -0.3 is 39.5 Å². The number of anilines is 2. The summed E-state index contributed by atoms with van der Waals surface area (Å²) in [6.45, 7) is 4.33. The van der Waals surface area contributed by atoms with Gasteiger partial charge in [0, 0.05) is 65.3 Å². The quantitative estimate of drug-likeness (QED) is 0.113. The molecule has 3 aromatic heterocycles. The lowest BCUT2D eigenvalue weighted by Gasteiger charge is -2.31. The third kappa shape index (κ3) is 9.16. The number of nitrogens with one attached hydrogen (secondary N) is 3. The SMILES string of the molecule is COCCOC1CCN(CCNC(=O)c2cc(NC(=O)c3cc(NC(=O)c4ccc(/C=C/c5ccc6nonc6c5)cc4)cn3C)cn2C)CC1. The summed E-state index contributed by atoms with van der Waals surface area (Å²) in [4.78, 5) is 41.5. The number of ether oxygens (including phenoxy) is 2. The summed E-state index contributed by atoms with van der Waals surface area (Å²) in [5.41, 5.74) is 5.45. The van der Waals surface area contributed by atoms with Crippen LogP contribution < -0.4 is 16.0 Å². The molecule has 3 amide bonds. The Morgan fingerprint density at radius 1 is 0.804 bits per heavy atom. The second-order valence-electron chi connectivity index (χ2n) is 12.5. The third-order valence-electron chi connectivity index (χ3n) is 8.80. The Kier molecular flexibility index (Phi) is 11.4. The number of piperidine rings is 1. The van der Waals surface area contributed by atoms with Crippen molar-refractivity contribution in [3.8, 4) is 0 Å². The van der Waals surface area contributed by atoms with E-state index in [-0.39, 0.29) is 23.8 Å². The molecule has 5 aromatic rings. The zero-order valence-corrected chi connectivity index (χ0v) is 28.9. The van der Waals surface area contributed by atoms with E-state index in [0.29, 0.717) is 59.1 Å². The molecule has 1 aliphatic rings. The van der Waals surface area contributed by atoms with Crippen LogP contribution in [0.1, 0.15) is 55.3 Å². The van der Waals surface area contributed by atoms with Gasteiger partial charge in [0.05, 0.1) is 30.7 Å². The molecule has 4 heterocycles. The number of likely N-dealkylation sites (tertiary alicyclic amines) is 1. The van der Waals surface area contributed by atoms with E-state index in [4.69, 9.17) is 14.1 Å². The first kappa shape index (κ1) is 35.3. The van der Waals surface area contributed by atoms with Gasteiger partial charge in [-0.1, -0.05) is 30.4 Å². The molecule has 0 aliphatic carbocycles. The second-order valence-corrected chi connectivity index (χ2v) is 12.5. The predicted octanol–water partition coefficient (Wildman–Crippen LogP) is 4.43. The summed E-state index contributed by atoms with van der Waals surface area (Å²) >= 11 is 0. The van der Waals surface area contributed by atoms with Gasteiger partial charge >= 0.3 is 0 Å². The molecule has 0 bridgehead atoms. The van der Waals surface area contributed by atoms with Crippen molar-refractivity contribution in [1.29, 1.82) is 0 Å². The normalized spacial score (nSPS) is 13.9. The monoisotopic (exact) mass is 694 g/mol. The molecule has 0 atom stereocenters. The molecule has 0 saturated carbocycles. The van der Waals surface area contributed by atoms with Gasteiger partial charge in [0.2, 0.25) is 0 Å². The summed E-state index contributed by atoms with van der Waals surface area (Å²) in [5, 5.41) is 16.4. The maximum absolute atomic E-state index is 13.2. The highest BCUT2D eigenvalue weighted by Gasteiger charge is 2.21. The fraction of sp³-hybridized carbons (Fsp3) is 0.324. The molecule has 6 rings (SSSR count). The molecular formula is C37H42N8O6. The van der Waals surface area contributed by atoms with E-state index < -0.39 is 0 Å². The number of rotatable bonds is 14. The van der Waals surface area contributed by atoms with Gasteiger partial charge in [0.1, 0.15) is 22.4 Å². The zero-order chi connectivity index (χ0) is 35.7. The van der Waals surface area contributed by atoms with Crippen molar-refractivity contribution in [2.24, 2.45) is 14.1 Å². The molecule has 0 spiro atoms. The zero-order valence-electron chi connectivity index (χ0n) is 28.9. The van der Waals surface area contributed by atoms with Gasteiger partial charge in [0.15, 0.2) is 0 Å². The number of aryl methyl sites for hydroxylation is 2. The standard InChI is InChI=1S/C37H42N8O6/c1-43-24-29(21-33(43)36(47)38-14-17-45-15-12-30(13-16-45)50-19-18-49-3)40-37(48)34-22-28(23-44(34)2)39-35(46)27-9-6-25(7-10-27)4-5-26-8-11-31-32(20-26)42-51-41-31/h4-11,20-24,30H,12-19H2,1-3H3,(H,38,47)(H,39,46)(H,40,48)/b5-4+. The summed E-state index contributed by atoms with van der Waals surface area (Å²) in [6.07, 6.45) is 9.43. The Balaban J connectivity index is 0.968. The first-order chi connectivity index (χ1) is 24.7. The molecule has 14 nitrogen and oxygen atoms in total. The van der Waals surface area contributed by atoms with Gasteiger partial charge in [-0.3, -0.25) is 14.4 Å². The van der Waals surface area contributed by atoms with Crippen LogP contribution in [0, 0.1) is 0 Å². The molecule has 266 valence electrons. The van der Waals surface area contributed by atoms with Crippen molar-refractivity contribution in [2.75, 3.05) is 57.1 Å². The van der Waals surface area contributed by atoms with Crippen LogP contribution >= 0.6 is 0 Å². The number of amides is 3. The smallest absolute Gasteiger partial charge is 0.272 e. The van der Waals surface area contributed by atoms with E-state index in [2.05, 4.69) is 31.2 Å². The maximum Gasteiger partial charge on any atom is 0.272 e. The molecule has 1 saturated heterocycles. The Morgan fingerprint density at radius 2 is 1.43 bits per heavy atom. The number of hydrogen-bond acceptors (Lipinski definition) is 9. The third-order valence-corrected chi connectivity index (χ3v) is 8.80. The van der Waals surface area contributed by atoms with Gasteiger partial charge in [-0.15, -0.1) is 0 Å². The fourth-order valence-corrected chi connectivity index (χ4v) is 5.97. The largest absolute Gasteiger partial charge is 0.382 e. The molecule has 51 heavy (non-hydrogen) atoms. The number of nitrogens with zero attached hydrogens (tertiary/aromatic N) is 5. The first-order valence-corrected chi connectivity index (χ1v) is 16.8. The predicted molar refractivity (Wildman–Crippen MR) is 194 cm³/mol. The summed E-state index contributed by atoms with van der Waals surface area (Å²) in [5.74, 6) is -0.895. The number of carbonyl (C=O) groups excluding carboxylic acids is 3. The van der Waals surface area contributed by atoms with Crippen LogP contribution in [-0.2, 0) is 23.6 Å². The highest BCUT2D eigenvalue weighted by Crippen LogP contribution is 2.20. The van der Waals surface area contributed by atoms with Crippen LogP contribution in [0.15, 0.2) is 71.6 Å². The van der Waals surface area contributed by atoms with Gasteiger partial charge in [-0.25, -0.2) is 4.63 Å². The minimum atomic E-state index is -0.375. The number of methoxy groups -OCH3 is 1. The molecule has 3 N–H and O–H groups in total. The molecule has 14 heteroatoms. The van der Waals surface area contributed by atoms with E-state index in [0.717, 1.165) is 43.6 Å². The van der Waals surface area contributed by atoms with Gasteiger partial charge in [0.25, 0.3) is 17.7 Å². The topological polar surface area (TPSA) is 158 Å². The summed E-state index contributed by atoms with van der Waals surface area (Å²) < 4.78 is 18.9. The average Bonchev–Trinajstić information content (AvgIpc) is 3.85. The number of hydrogen-bond donors (Lipinski definition) is 3. The Labute approximate surface area is 295 Å². The number of fused-ring (bicyclic) bond motifs is 1. The van der Waals surface area contributed by atoms with E-state index >= 15 is 0 Å². The van der Waals surface area contributed by atoms with Crippen LogP contribution in [-0.4, -0.2) is 94.7 Å². The van der Waals surface area contributed by atoms with Crippen molar-refractivity contribution < 1.29 is 28.5 Å². The lowest BCUT2D eigenvalue weighted by molar-refractivity contribution is -0.0144. The van der Waals surface area contributed by atoms with Crippen LogP contribution in [0.25, 0.3) is 23.2 Å². The van der Waals surface area contributed by atoms with E-state index in [1.54, 1.807) is 67.0 Å². The molecular weight excluding hydrogens is 652 g/mol. The average molecular weight is 695 g/mol. The lowest BCUT2D eigenvalue weighted by Crippen LogP contribution is -2.41. The van der Waals surface area contributed by atoms with Crippen LogP contribution in [0.2, 0.25) is 0 Å². The first-order valence-electron chi connectivity index (χ1n) is 16.8. The molecule has 1 fully saturated rings. The van der Waals surface area contributed by atoms with Crippen LogP contribution in [0.3, 0.4) is 0 Å². The van der Waals surface area contributed by atoms with Gasteiger partial charge in [-0.2, -0.15) is 0 Å². The Bertz CT molecular complexity index is 2000. The number of benzene rings is 2. The van der Waals surface area contributed by atoms with Crippen molar-refractivity contribution in [3.05, 3.63) is 95.1 Å². The number of carbonyl (C=O) groups is 3. The minimum Gasteiger partial charge on any atom is -0.382 e. The highest BCUT2D eigenvalue weighted by atomic mass is 16.6. The Hall–Kier alpha value is -5.57. The van der Waals surface area contributed by atoms with Crippen LogP contribution in [0.4, 0.5) is 11.4 Å². The van der Waals surface area contributed by atoms with Crippen molar-refractivity contribution in [2.45, 2.75) is 18.9 Å². The van der Waals surface area contributed by atoms with Crippen molar-refractivity contribution >= 4 is 52.3 Å². The highest BCUT2D eigenvalue weighted by molar-refractivity contribution is 6.07. The van der Waals surface area contributed by atoms with Crippen molar-refractivity contribution in [3.63, 3.8) is 0 Å². The van der Waals surface area contributed by atoms with E-state index in [1.165, 1.54) is 0 Å². The molecule has 0 unspecified atom stereocenters. The van der Waals surface area contributed by atoms with Crippen molar-refractivity contribution in [1.82, 2.24) is 29.7 Å². The minimum absolute atomic E-state index is 0.216. The van der Waals surface area contributed by atoms with Gasteiger partial charge in [-0.05, 0) is 70.7 Å².